The molecular weight excluding hydrogens is 216 g/mol. The maximum absolute atomic E-state index is 6.07. The van der Waals surface area contributed by atoms with Gasteiger partial charge in [0.2, 0.25) is 0 Å². The van der Waals surface area contributed by atoms with Crippen molar-refractivity contribution in [2.45, 2.75) is 26.0 Å². The topological polar surface area (TPSA) is 76.8 Å². The van der Waals surface area contributed by atoms with Crippen LogP contribution in [0.25, 0.3) is 0 Å². The number of aromatic nitrogens is 3. The maximum Gasteiger partial charge on any atom is 0.138 e. The lowest BCUT2D eigenvalue weighted by molar-refractivity contribution is 0.241. The summed E-state index contributed by atoms with van der Waals surface area (Å²) in [4.78, 5) is 11.2. The summed E-state index contributed by atoms with van der Waals surface area (Å²) in [6.45, 7) is 3.94. The third kappa shape index (κ3) is 2.82. The van der Waals surface area contributed by atoms with Crippen molar-refractivity contribution in [3.63, 3.8) is 0 Å². The molecule has 1 unspecified atom stereocenters. The Hall–Kier alpha value is -1.88. The molecule has 1 atom stereocenters. The van der Waals surface area contributed by atoms with Crippen molar-refractivity contribution in [3.8, 4) is 5.75 Å². The van der Waals surface area contributed by atoms with Gasteiger partial charge in [-0.3, -0.25) is 4.98 Å². The van der Waals surface area contributed by atoms with Gasteiger partial charge in [0.05, 0.1) is 18.3 Å². The number of H-pyrrole nitrogens is 1. The van der Waals surface area contributed by atoms with Crippen LogP contribution in [0.15, 0.2) is 30.9 Å². The van der Waals surface area contributed by atoms with E-state index in [1.807, 2.05) is 19.9 Å². The maximum atomic E-state index is 6.07. The van der Waals surface area contributed by atoms with Crippen LogP contribution in [0.5, 0.6) is 5.75 Å². The summed E-state index contributed by atoms with van der Waals surface area (Å²) in [5.41, 5.74) is 6.94. The predicted molar refractivity (Wildman–Crippen MR) is 64.6 cm³/mol. The zero-order chi connectivity index (χ0) is 12.3. The molecule has 0 bridgehead atoms. The third-order valence-corrected chi connectivity index (χ3v) is 2.28. The van der Waals surface area contributed by atoms with E-state index in [0.29, 0.717) is 5.82 Å². The van der Waals surface area contributed by atoms with Crippen LogP contribution >= 0.6 is 0 Å². The highest BCUT2D eigenvalue weighted by Gasteiger charge is 2.12. The van der Waals surface area contributed by atoms with E-state index >= 15 is 0 Å². The fourth-order valence-corrected chi connectivity index (χ4v) is 1.55. The summed E-state index contributed by atoms with van der Waals surface area (Å²) in [5, 5.41) is 0. The van der Waals surface area contributed by atoms with Gasteiger partial charge >= 0.3 is 0 Å². The minimum absolute atomic E-state index is 0.117. The van der Waals surface area contributed by atoms with Crippen LogP contribution in [-0.4, -0.2) is 21.1 Å². The van der Waals surface area contributed by atoms with Gasteiger partial charge in [0.25, 0.3) is 0 Å². The molecular formula is C12H16N4O. The summed E-state index contributed by atoms with van der Waals surface area (Å²) in [6.07, 6.45) is 6.94. The Kier molecular flexibility index (Phi) is 3.39. The molecule has 0 saturated heterocycles. The number of nitrogens with one attached hydrogen (secondary N) is 1. The monoisotopic (exact) mass is 232 g/mol. The standard InChI is InChI=1S/C12H16N4O/c1-8(2)17-10-5-9(6-14-7-10)11(13)12-15-3-4-16-12/h3-8,11H,13H2,1-2H3,(H,15,16). The number of aromatic amines is 1. The Morgan fingerprint density at radius 2 is 2.18 bits per heavy atom. The average Bonchev–Trinajstić information content (AvgIpc) is 2.81. The second kappa shape index (κ2) is 4.97. The van der Waals surface area contributed by atoms with Gasteiger partial charge in [-0.25, -0.2) is 4.98 Å². The second-order valence-corrected chi connectivity index (χ2v) is 4.07. The highest BCUT2D eigenvalue weighted by molar-refractivity contribution is 5.29. The van der Waals surface area contributed by atoms with Crippen molar-refractivity contribution in [1.29, 1.82) is 0 Å². The van der Waals surface area contributed by atoms with Gasteiger partial charge in [0.15, 0.2) is 0 Å². The molecule has 0 amide bonds. The van der Waals surface area contributed by atoms with Crippen molar-refractivity contribution in [1.82, 2.24) is 15.0 Å². The van der Waals surface area contributed by atoms with Crippen molar-refractivity contribution in [2.24, 2.45) is 5.73 Å². The lowest BCUT2D eigenvalue weighted by Crippen LogP contribution is -2.14. The minimum atomic E-state index is -0.312. The number of hydrogen-bond acceptors (Lipinski definition) is 4. The highest BCUT2D eigenvalue weighted by atomic mass is 16.5. The third-order valence-electron chi connectivity index (χ3n) is 2.28. The summed E-state index contributed by atoms with van der Waals surface area (Å²) in [6, 6.07) is 1.58. The largest absolute Gasteiger partial charge is 0.489 e. The van der Waals surface area contributed by atoms with Crippen molar-refractivity contribution < 1.29 is 4.74 Å². The van der Waals surface area contributed by atoms with E-state index < -0.39 is 0 Å². The molecule has 3 N–H and O–H groups in total. The Labute approximate surface area is 100 Å². The highest BCUT2D eigenvalue weighted by Crippen LogP contribution is 2.20. The van der Waals surface area contributed by atoms with Gasteiger partial charge < -0.3 is 15.5 Å². The van der Waals surface area contributed by atoms with Crippen LogP contribution < -0.4 is 10.5 Å². The van der Waals surface area contributed by atoms with Crippen LogP contribution in [-0.2, 0) is 0 Å². The van der Waals surface area contributed by atoms with E-state index in [1.165, 1.54) is 0 Å². The number of imidazole rings is 1. The van der Waals surface area contributed by atoms with Crippen LogP contribution in [0.3, 0.4) is 0 Å². The number of rotatable bonds is 4. The van der Waals surface area contributed by atoms with Crippen LogP contribution in [0.2, 0.25) is 0 Å². The Bertz CT molecular complexity index is 467. The molecule has 0 radical (unpaired) electrons. The summed E-state index contributed by atoms with van der Waals surface area (Å²) >= 11 is 0. The van der Waals surface area contributed by atoms with Crippen LogP contribution in [0, 0.1) is 0 Å². The van der Waals surface area contributed by atoms with Gasteiger partial charge in [0.1, 0.15) is 11.6 Å². The van der Waals surface area contributed by atoms with Crippen molar-refractivity contribution in [3.05, 3.63) is 42.2 Å². The van der Waals surface area contributed by atoms with E-state index in [9.17, 15) is 0 Å². The lowest BCUT2D eigenvalue weighted by Gasteiger charge is -2.13. The van der Waals surface area contributed by atoms with E-state index in [1.54, 1.807) is 24.8 Å². The number of pyridine rings is 1. The molecule has 5 heteroatoms. The lowest BCUT2D eigenvalue weighted by atomic mass is 10.1. The molecule has 0 spiro atoms. The van der Waals surface area contributed by atoms with Gasteiger partial charge in [-0.1, -0.05) is 0 Å². The van der Waals surface area contributed by atoms with Gasteiger partial charge in [-0.05, 0) is 25.5 Å². The first-order valence-electron chi connectivity index (χ1n) is 5.53. The van der Waals surface area contributed by atoms with Crippen molar-refractivity contribution >= 4 is 0 Å². The van der Waals surface area contributed by atoms with Gasteiger partial charge in [0, 0.05) is 18.6 Å². The average molecular weight is 232 g/mol. The number of nitrogens with zero attached hydrogens (tertiary/aromatic N) is 2. The fraction of sp³-hybridized carbons (Fsp3) is 0.333. The molecule has 2 rings (SSSR count). The van der Waals surface area contributed by atoms with E-state index in [4.69, 9.17) is 10.5 Å². The van der Waals surface area contributed by atoms with Gasteiger partial charge in [-0.15, -0.1) is 0 Å². The molecule has 0 aromatic carbocycles. The molecule has 2 aromatic heterocycles. The van der Waals surface area contributed by atoms with Crippen LogP contribution in [0.1, 0.15) is 31.3 Å². The molecule has 0 fully saturated rings. The summed E-state index contributed by atoms with van der Waals surface area (Å²) in [5.74, 6) is 1.44. The molecule has 2 aromatic rings. The second-order valence-electron chi connectivity index (χ2n) is 4.07. The molecule has 5 nitrogen and oxygen atoms in total. The molecule has 0 saturated carbocycles. The summed E-state index contributed by atoms with van der Waals surface area (Å²) in [7, 11) is 0. The molecule has 0 aliphatic heterocycles. The molecule has 0 aliphatic carbocycles. The Morgan fingerprint density at radius 3 is 2.82 bits per heavy atom. The quantitative estimate of drug-likeness (QED) is 0.840. The molecule has 0 aliphatic rings. The Morgan fingerprint density at radius 1 is 1.35 bits per heavy atom. The predicted octanol–water partition coefficient (Wildman–Crippen LogP) is 1.64. The minimum Gasteiger partial charge on any atom is -0.489 e. The number of ether oxygens (including phenoxy) is 1. The van der Waals surface area contributed by atoms with E-state index in [-0.39, 0.29) is 12.1 Å². The first kappa shape index (κ1) is 11.6. The van der Waals surface area contributed by atoms with Crippen molar-refractivity contribution in [2.75, 3.05) is 0 Å². The number of hydrogen-bond donors (Lipinski definition) is 2. The zero-order valence-corrected chi connectivity index (χ0v) is 9.92. The van der Waals surface area contributed by atoms with Crippen LogP contribution in [0.4, 0.5) is 0 Å². The molecule has 17 heavy (non-hydrogen) atoms. The van der Waals surface area contributed by atoms with E-state index in [2.05, 4.69) is 15.0 Å². The zero-order valence-electron chi connectivity index (χ0n) is 9.92. The smallest absolute Gasteiger partial charge is 0.138 e. The molecule has 90 valence electrons. The Balaban J connectivity index is 2.21. The number of nitrogens with two attached hydrogens (primary N) is 1. The first-order chi connectivity index (χ1) is 8.16. The first-order valence-corrected chi connectivity index (χ1v) is 5.53. The summed E-state index contributed by atoms with van der Waals surface area (Å²) < 4.78 is 5.57. The van der Waals surface area contributed by atoms with Gasteiger partial charge in [-0.2, -0.15) is 0 Å². The fourth-order valence-electron chi connectivity index (χ4n) is 1.55. The molecule has 2 heterocycles. The normalized spacial score (nSPS) is 12.7. The SMILES string of the molecule is CC(C)Oc1cncc(C(N)c2ncc[nH]2)c1. The van der Waals surface area contributed by atoms with E-state index in [0.717, 1.165) is 11.3 Å².